The van der Waals surface area contributed by atoms with Gasteiger partial charge in [0.2, 0.25) is 11.8 Å². The highest BCUT2D eigenvalue weighted by molar-refractivity contribution is 8.14. The van der Waals surface area contributed by atoms with E-state index in [0.717, 1.165) is 17.3 Å². The topological polar surface area (TPSA) is 92.5 Å². The lowest BCUT2D eigenvalue weighted by molar-refractivity contribution is -0.126. The van der Waals surface area contributed by atoms with Gasteiger partial charge in [-0.05, 0) is 30.5 Å². The van der Waals surface area contributed by atoms with Gasteiger partial charge in [0, 0.05) is 12.2 Å². The molecular weight excluding hydrogens is 362 g/mol. The largest absolute Gasteiger partial charge is 0.329 e. The third kappa shape index (κ3) is 4.74. The van der Waals surface area contributed by atoms with Gasteiger partial charge >= 0.3 is 0 Å². The van der Waals surface area contributed by atoms with Gasteiger partial charge in [0.05, 0.1) is 17.7 Å². The Bertz CT molecular complexity index is 608. The van der Waals surface area contributed by atoms with Crippen LogP contribution in [0.3, 0.4) is 0 Å². The average Bonchev–Trinajstić information content (AvgIpc) is 2.90. The average molecular weight is 386 g/mol. The molecular formula is C17H24ClN3O3S. The Balaban J connectivity index is 0.00000312. The number of carbonyl (C=O) groups is 3. The third-order valence-electron chi connectivity index (χ3n) is 4.62. The predicted octanol–water partition coefficient (Wildman–Crippen LogP) is 3.01. The summed E-state index contributed by atoms with van der Waals surface area (Å²) in [7, 11) is 0. The number of hydrogen-bond acceptors (Lipinski definition) is 5. The number of rotatable bonds is 7. The number of halogens is 1. The maximum atomic E-state index is 12.5. The van der Waals surface area contributed by atoms with E-state index in [1.807, 2.05) is 13.8 Å². The molecule has 1 heterocycles. The van der Waals surface area contributed by atoms with Crippen LogP contribution in [0.15, 0.2) is 24.3 Å². The third-order valence-corrected chi connectivity index (χ3v) is 5.48. The minimum Gasteiger partial charge on any atom is -0.329 e. The fourth-order valence-corrected chi connectivity index (χ4v) is 3.35. The standard InChI is InChI=1S/C17H23N3O3S.ClH/c1-3-17(4-2,11-18)15(22)19-13-7-5-12(6-8-13)9-20-14(21)10-24-16(20)23;/h5-8H,3-4,9-11,18H2,1-2H3,(H,19,22);1H. The molecule has 2 rings (SSSR count). The van der Waals surface area contributed by atoms with Crippen LogP contribution in [0.25, 0.3) is 0 Å². The number of nitrogens with two attached hydrogens (primary N) is 1. The molecule has 0 aromatic heterocycles. The molecule has 138 valence electrons. The Morgan fingerprint density at radius 1 is 1.24 bits per heavy atom. The Kier molecular flexibility index (Phi) is 7.92. The Morgan fingerprint density at radius 3 is 2.28 bits per heavy atom. The molecule has 6 nitrogen and oxygen atoms in total. The van der Waals surface area contributed by atoms with Gasteiger partial charge in [-0.2, -0.15) is 0 Å². The summed E-state index contributed by atoms with van der Waals surface area (Å²) in [5.41, 5.74) is 6.76. The van der Waals surface area contributed by atoms with Gasteiger partial charge in [0.1, 0.15) is 0 Å². The second kappa shape index (κ2) is 9.22. The van der Waals surface area contributed by atoms with Crippen LogP contribution >= 0.6 is 24.2 Å². The van der Waals surface area contributed by atoms with E-state index in [1.54, 1.807) is 24.3 Å². The van der Waals surface area contributed by atoms with Crippen LogP contribution in [0, 0.1) is 5.41 Å². The summed E-state index contributed by atoms with van der Waals surface area (Å²) < 4.78 is 0. The highest BCUT2D eigenvalue weighted by atomic mass is 35.5. The van der Waals surface area contributed by atoms with Gasteiger partial charge in [-0.1, -0.05) is 37.7 Å². The van der Waals surface area contributed by atoms with Crippen molar-refractivity contribution in [1.82, 2.24) is 4.90 Å². The number of carbonyl (C=O) groups excluding carboxylic acids is 3. The molecule has 0 bridgehead atoms. The summed E-state index contributed by atoms with van der Waals surface area (Å²) in [6, 6.07) is 7.17. The van der Waals surface area contributed by atoms with Crippen molar-refractivity contribution in [3.05, 3.63) is 29.8 Å². The molecule has 1 aliphatic rings. The van der Waals surface area contributed by atoms with Gasteiger partial charge < -0.3 is 11.1 Å². The molecule has 1 fully saturated rings. The fraction of sp³-hybridized carbons (Fsp3) is 0.471. The highest BCUT2D eigenvalue weighted by Gasteiger charge is 2.33. The molecule has 0 radical (unpaired) electrons. The lowest BCUT2D eigenvalue weighted by Gasteiger charge is -2.28. The van der Waals surface area contributed by atoms with Gasteiger partial charge in [0.25, 0.3) is 5.24 Å². The van der Waals surface area contributed by atoms with Crippen molar-refractivity contribution in [3.63, 3.8) is 0 Å². The van der Waals surface area contributed by atoms with Crippen LogP contribution in [-0.2, 0) is 16.1 Å². The number of benzene rings is 1. The minimum atomic E-state index is -0.551. The first-order valence-electron chi connectivity index (χ1n) is 8.03. The van der Waals surface area contributed by atoms with Crippen molar-refractivity contribution < 1.29 is 14.4 Å². The number of amides is 3. The summed E-state index contributed by atoms with van der Waals surface area (Å²) in [6.45, 7) is 4.48. The molecule has 1 aromatic carbocycles. The van der Waals surface area contributed by atoms with Crippen LogP contribution in [0.4, 0.5) is 10.5 Å². The zero-order valence-electron chi connectivity index (χ0n) is 14.4. The van der Waals surface area contributed by atoms with E-state index in [1.165, 1.54) is 4.90 Å². The SMILES string of the molecule is CCC(CC)(CN)C(=O)Nc1ccc(CN2C(=O)CSC2=O)cc1.Cl. The molecule has 3 N–H and O–H groups in total. The molecule has 1 aromatic rings. The number of hydrogen-bond donors (Lipinski definition) is 2. The zero-order valence-corrected chi connectivity index (χ0v) is 16.0. The first-order valence-corrected chi connectivity index (χ1v) is 9.02. The van der Waals surface area contributed by atoms with Crippen molar-refractivity contribution >= 4 is 46.9 Å². The van der Waals surface area contributed by atoms with E-state index >= 15 is 0 Å². The molecule has 1 aliphatic heterocycles. The summed E-state index contributed by atoms with van der Waals surface area (Å²) in [4.78, 5) is 37.0. The molecule has 8 heteroatoms. The minimum absolute atomic E-state index is 0. The Morgan fingerprint density at radius 2 is 1.84 bits per heavy atom. The molecule has 0 spiro atoms. The zero-order chi connectivity index (χ0) is 17.7. The van der Waals surface area contributed by atoms with Crippen molar-refractivity contribution in [1.29, 1.82) is 0 Å². The van der Waals surface area contributed by atoms with Crippen LogP contribution < -0.4 is 11.1 Å². The van der Waals surface area contributed by atoms with Crippen molar-refractivity contribution in [2.45, 2.75) is 33.2 Å². The van der Waals surface area contributed by atoms with Gasteiger partial charge in [-0.3, -0.25) is 19.3 Å². The van der Waals surface area contributed by atoms with Crippen LogP contribution in [-0.4, -0.2) is 34.3 Å². The highest BCUT2D eigenvalue weighted by Crippen LogP contribution is 2.27. The smallest absolute Gasteiger partial charge is 0.289 e. The van der Waals surface area contributed by atoms with Gasteiger partial charge in [0.15, 0.2) is 0 Å². The van der Waals surface area contributed by atoms with E-state index in [2.05, 4.69) is 5.32 Å². The molecule has 0 atom stereocenters. The van der Waals surface area contributed by atoms with Crippen LogP contribution in [0.1, 0.15) is 32.3 Å². The molecule has 25 heavy (non-hydrogen) atoms. The van der Waals surface area contributed by atoms with Crippen molar-refractivity contribution in [2.75, 3.05) is 17.6 Å². The lowest BCUT2D eigenvalue weighted by atomic mass is 9.81. The van der Waals surface area contributed by atoms with E-state index in [-0.39, 0.29) is 41.8 Å². The fourth-order valence-electron chi connectivity index (χ4n) is 2.63. The van der Waals surface area contributed by atoms with Crippen molar-refractivity contribution in [2.24, 2.45) is 11.1 Å². The maximum absolute atomic E-state index is 12.5. The molecule has 0 unspecified atom stereocenters. The number of thioether (sulfide) groups is 1. The Labute approximate surface area is 158 Å². The predicted molar refractivity (Wildman–Crippen MR) is 103 cm³/mol. The molecule has 1 saturated heterocycles. The number of imide groups is 1. The van der Waals surface area contributed by atoms with Crippen LogP contribution in [0.2, 0.25) is 0 Å². The van der Waals surface area contributed by atoms with Crippen LogP contribution in [0.5, 0.6) is 0 Å². The normalized spacial score (nSPS) is 14.4. The van der Waals surface area contributed by atoms with E-state index in [9.17, 15) is 14.4 Å². The monoisotopic (exact) mass is 385 g/mol. The maximum Gasteiger partial charge on any atom is 0.289 e. The second-order valence-corrected chi connectivity index (χ2v) is 6.80. The van der Waals surface area contributed by atoms with E-state index < -0.39 is 5.41 Å². The number of nitrogens with one attached hydrogen (secondary N) is 1. The summed E-state index contributed by atoms with van der Waals surface area (Å²) >= 11 is 1.02. The second-order valence-electron chi connectivity index (χ2n) is 5.88. The summed E-state index contributed by atoms with van der Waals surface area (Å²) in [5.74, 6) is -0.0348. The first kappa shape index (κ1) is 21.5. The first-order chi connectivity index (χ1) is 11.5. The van der Waals surface area contributed by atoms with E-state index in [0.29, 0.717) is 25.1 Å². The molecule has 0 saturated carbocycles. The van der Waals surface area contributed by atoms with Crippen molar-refractivity contribution in [3.8, 4) is 0 Å². The van der Waals surface area contributed by atoms with Gasteiger partial charge in [-0.25, -0.2) is 0 Å². The van der Waals surface area contributed by atoms with E-state index in [4.69, 9.17) is 5.73 Å². The number of nitrogens with zero attached hydrogens (tertiary/aromatic N) is 1. The molecule has 3 amide bonds. The lowest BCUT2D eigenvalue weighted by Crippen LogP contribution is -2.41. The quantitative estimate of drug-likeness (QED) is 0.752. The molecule has 0 aliphatic carbocycles. The summed E-state index contributed by atoms with van der Waals surface area (Å²) in [5, 5.41) is 2.69. The summed E-state index contributed by atoms with van der Waals surface area (Å²) in [6.07, 6.45) is 1.36. The number of anilines is 1. The Hall–Kier alpha value is -1.57. The van der Waals surface area contributed by atoms with Gasteiger partial charge in [-0.15, -0.1) is 12.4 Å².